The summed E-state index contributed by atoms with van der Waals surface area (Å²) in [5.41, 5.74) is 0.593. The molecule has 0 aliphatic heterocycles. The number of halogens is 2. The Kier molecular flexibility index (Phi) is 4.82. The minimum Gasteiger partial charge on any atom is -0.478 e. The van der Waals surface area contributed by atoms with E-state index in [4.69, 9.17) is 21.4 Å². The van der Waals surface area contributed by atoms with Gasteiger partial charge in [-0.2, -0.15) is 0 Å². The molecule has 5 heteroatoms. The number of para-hydroxylation sites is 2. The summed E-state index contributed by atoms with van der Waals surface area (Å²) >= 11 is 9.51. The Labute approximate surface area is 129 Å². The summed E-state index contributed by atoms with van der Waals surface area (Å²) in [6.07, 6.45) is 2.49. The van der Waals surface area contributed by atoms with Crippen LogP contribution < -0.4 is 4.74 Å². The number of benzene rings is 2. The summed E-state index contributed by atoms with van der Waals surface area (Å²) in [5.74, 6) is -0.0130. The zero-order valence-electron chi connectivity index (χ0n) is 10.2. The van der Waals surface area contributed by atoms with Crippen molar-refractivity contribution >= 4 is 39.6 Å². The first-order valence-corrected chi connectivity index (χ1v) is 6.87. The maximum absolute atomic E-state index is 10.6. The minimum atomic E-state index is -1.03. The third-order valence-corrected chi connectivity index (χ3v) is 3.40. The molecule has 0 heterocycles. The van der Waals surface area contributed by atoms with E-state index in [1.807, 2.05) is 18.2 Å². The number of hydrogen-bond acceptors (Lipinski definition) is 2. The molecule has 102 valence electrons. The third-order valence-electron chi connectivity index (χ3n) is 2.45. The standard InChI is InChI=1S/C15H10BrClO3/c16-11-5-1-2-7-13(11)20-15-10(8-9-14(18)19)4-3-6-12(15)17/h1-9H,(H,18,19)/b9-8+. The second kappa shape index (κ2) is 6.59. The number of carbonyl (C=O) groups is 1. The molecule has 0 fully saturated rings. The Morgan fingerprint density at radius 2 is 1.95 bits per heavy atom. The van der Waals surface area contributed by atoms with E-state index >= 15 is 0 Å². The molecule has 0 saturated carbocycles. The summed E-state index contributed by atoms with van der Waals surface area (Å²) in [5, 5.41) is 9.11. The van der Waals surface area contributed by atoms with Crippen molar-refractivity contribution in [3.8, 4) is 11.5 Å². The predicted octanol–water partition coefficient (Wildman–Crippen LogP) is 4.99. The van der Waals surface area contributed by atoms with Crippen LogP contribution in [-0.4, -0.2) is 11.1 Å². The molecule has 0 bridgehead atoms. The van der Waals surface area contributed by atoms with Crippen LogP contribution >= 0.6 is 27.5 Å². The van der Waals surface area contributed by atoms with E-state index in [1.165, 1.54) is 6.08 Å². The molecule has 2 rings (SSSR count). The highest BCUT2D eigenvalue weighted by Gasteiger charge is 2.09. The lowest BCUT2D eigenvalue weighted by Crippen LogP contribution is -1.91. The number of rotatable bonds is 4. The van der Waals surface area contributed by atoms with Gasteiger partial charge < -0.3 is 9.84 Å². The number of carboxylic acid groups (broad SMARTS) is 1. The Hall–Kier alpha value is -1.78. The van der Waals surface area contributed by atoms with Crippen molar-refractivity contribution in [1.82, 2.24) is 0 Å². The summed E-state index contributed by atoms with van der Waals surface area (Å²) in [6.45, 7) is 0. The van der Waals surface area contributed by atoms with Crippen LogP contribution in [0.15, 0.2) is 53.0 Å². The number of aliphatic carboxylic acids is 1. The van der Waals surface area contributed by atoms with Gasteiger partial charge >= 0.3 is 5.97 Å². The van der Waals surface area contributed by atoms with Crippen LogP contribution in [0.5, 0.6) is 11.5 Å². The predicted molar refractivity (Wildman–Crippen MR) is 82.3 cm³/mol. The van der Waals surface area contributed by atoms with Crippen molar-refractivity contribution in [2.45, 2.75) is 0 Å². The molecule has 1 N–H and O–H groups in total. The molecule has 0 aliphatic rings. The van der Waals surface area contributed by atoms with Crippen molar-refractivity contribution in [3.63, 3.8) is 0 Å². The van der Waals surface area contributed by atoms with Crippen molar-refractivity contribution < 1.29 is 14.6 Å². The van der Waals surface area contributed by atoms with Gasteiger partial charge in [-0.3, -0.25) is 0 Å². The van der Waals surface area contributed by atoms with Crippen molar-refractivity contribution in [1.29, 1.82) is 0 Å². The fourth-order valence-corrected chi connectivity index (χ4v) is 2.15. The van der Waals surface area contributed by atoms with Gasteiger partial charge in [-0.15, -0.1) is 0 Å². The molecule has 0 radical (unpaired) electrons. The van der Waals surface area contributed by atoms with Gasteiger partial charge in [-0.05, 0) is 40.2 Å². The minimum absolute atomic E-state index is 0.410. The quantitative estimate of drug-likeness (QED) is 0.787. The highest BCUT2D eigenvalue weighted by molar-refractivity contribution is 9.10. The molecule has 0 amide bonds. The molecule has 0 aliphatic carbocycles. The second-order valence-corrected chi connectivity index (χ2v) is 5.12. The normalized spacial score (nSPS) is 10.7. The van der Waals surface area contributed by atoms with E-state index in [-0.39, 0.29) is 0 Å². The lowest BCUT2D eigenvalue weighted by atomic mass is 10.2. The molecule has 0 spiro atoms. The van der Waals surface area contributed by atoms with Gasteiger partial charge in [0, 0.05) is 11.6 Å². The molecule has 0 unspecified atom stereocenters. The number of ether oxygens (including phenoxy) is 1. The highest BCUT2D eigenvalue weighted by atomic mass is 79.9. The van der Waals surface area contributed by atoms with Gasteiger partial charge in [0.2, 0.25) is 0 Å². The maximum atomic E-state index is 10.6. The van der Waals surface area contributed by atoms with Crippen LogP contribution in [0.4, 0.5) is 0 Å². The summed E-state index contributed by atoms with van der Waals surface area (Å²) in [6, 6.07) is 12.5. The summed E-state index contributed by atoms with van der Waals surface area (Å²) in [7, 11) is 0. The van der Waals surface area contributed by atoms with Crippen LogP contribution in [-0.2, 0) is 4.79 Å². The molecular weight excluding hydrogens is 344 g/mol. The van der Waals surface area contributed by atoms with Crippen molar-refractivity contribution in [3.05, 3.63) is 63.6 Å². The molecule has 0 aromatic heterocycles. The SMILES string of the molecule is O=C(O)/C=C/c1cccc(Cl)c1Oc1ccccc1Br. The van der Waals surface area contributed by atoms with Gasteiger partial charge in [0.1, 0.15) is 5.75 Å². The van der Waals surface area contributed by atoms with E-state index in [1.54, 1.807) is 24.3 Å². The maximum Gasteiger partial charge on any atom is 0.328 e. The van der Waals surface area contributed by atoms with Gasteiger partial charge in [0.05, 0.1) is 9.50 Å². The van der Waals surface area contributed by atoms with Crippen LogP contribution in [0, 0.1) is 0 Å². The van der Waals surface area contributed by atoms with Crippen molar-refractivity contribution in [2.24, 2.45) is 0 Å². The van der Waals surface area contributed by atoms with Gasteiger partial charge in [0.25, 0.3) is 0 Å². The topological polar surface area (TPSA) is 46.5 Å². The smallest absolute Gasteiger partial charge is 0.328 e. The molecule has 2 aromatic carbocycles. The fourth-order valence-electron chi connectivity index (χ4n) is 1.56. The van der Waals surface area contributed by atoms with E-state index in [2.05, 4.69) is 15.9 Å². The first kappa shape index (κ1) is 14.6. The molecule has 20 heavy (non-hydrogen) atoms. The van der Waals surface area contributed by atoms with Gasteiger partial charge in [-0.1, -0.05) is 35.9 Å². The van der Waals surface area contributed by atoms with Crippen LogP contribution in [0.2, 0.25) is 5.02 Å². The fraction of sp³-hybridized carbons (Fsp3) is 0. The van der Waals surface area contributed by atoms with Gasteiger partial charge in [-0.25, -0.2) is 4.79 Å². The average molecular weight is 354 g/mol. The Morgan fingerprint density at radius 3 is 2.65 bits per heavy atom. The second-order valence-electron chi connectivity index (χ2n) is 3.86. The molecule has 2 aromatic rings. The monoisotopic (exact) mass is 352 g/mol. The van der Waals surface area contributed by atoms with E-state index < -0.39 is 5.97 Å². The van der Waals surface area contributed by atoms with E-state index in [0.29, 0.717) is 22.1 Å². The number of hydrogen-bond donors (Lipinski definition) is 1. The van der Waals surface area contributed by atoms with Gasteiger partial charge in [0.15, 0.2) is 5.75 Å². The summed E-state index contributed by atoms with van der Waals surface area (Å²) in [4.78, 5) is 10.6. The Balaban J connectivity index is 2.40. The van der Waals surface area contributed by atoms with Crippen LogP contribution in [0.3, 0.4) is 0 Å². The zero-order valence-corrected chi connectivity index (χ0v) is 12.6. The largest absolute Gasteiger partial charge is 0.478 e. The lowest BCUT2D eigenvalue weighted by Gasteiger charge is -2.11. The average Bonchev–Trinajstić information content (AvgIpc) is 2.41. The Morgan fingerprint density at radius 1 is 1.20 bits per heavy atom. The zero-order chi connectivity index (χ0) is 14.5. The first-order valence-electron chi connectivity index (χ1n) is 5.70. The molecular formula is C15H10BrClO3. The van der Waals surface area contributed by atoms with E-state index in [0.717, 1.165) is 10.5 Å². The lowest BCUT2D eigenvalue weighted by molar-refractivity contribution is -0.131. The first-order chi connectivity index (χ1) is 9.58. The Bertz CT molecular complexity index is 668. The van der Waals surface area contributed by atoms with Crippen LogP contribution in [0.25, 0.3) is 6.08 Å². The summed E-state index contributed by atoms with van der Waals surface area (Å²) < 4.78 is 6.57. The third kappa shape index (κ3) is 3.62. The number of carboxylic acids is 1. The highest BCUT2D eigenvalue weighted by Crippen LogP contribution is 2.36. The van der Waals surface area contributed by atoms with E-state index in [9.17, 15) is 4.79 Å². The molecule has 0 saturated heterocycles. The van der Waals surface area contributed by atoms with Crippen molar-refractivity contribution in [2.75, 3.05) is 0 Å². The molecule has 3 nitrogen and oxygen atoms in total. The van der Waals surface area contributed by atoms with Crippen LogP contribution in [0.1, 0.15) is 5.56 Å². The molecule has 0 atom stereocenters.